The lowest BCUT2D eigenvalue weighted by Crippen LogP contribution is -1.89. The molecule has 0 aliphatic carbocycles. The maximum atomic E-state index is 5.53. The highest BCUT2D eigenvalue weighted by Crippen LogP contribution is 2.23. The van der Waals surface area contributed by atoms with Crippen LogP contribution in [0.2, 0.25) is 0 Å². The number of nitrogens with zero attached hydrogens (tertiary/aromatic N) is 3. The van der Waals surface area contributed by atoms with E-state index >= 15 is 0 Å². The average Bonchev–Trinajstić information content (AvgIpc) is 3.00. The van der Waals surface area contributed by atoms with E-state index in [1.807, 2.05) is 35.0 Å². The number of benzene rings is 1. The molecule has 0 aliphatic heterocycles. The van der Waals surface area contributed by atoms with Crippen molar-refractivity contribution in [1.29, 1.82) is 0 Å². The van der Waals surface area contributed by atoms with Crippen LogP contribution in [-0.4, -0.2) is 14.7 Å². The van der Waals surface area contributed by atoms with Crippen molar-refractivity contribution in [2.75, 3.05) is 5.73 Å². The van der Waals surface area contributed by atoms with Gasteiger partial charge in [0.2, 0.25) is 0 Å². The van der Waals surface area contributed by atoms with Crippen molar-refractivity contribution in [3.63, 3.8) is 0 Å². The molecule has 0 bridgehead atoms. The van der Waals surface area contributed by atoms with E-state index in [2.05, 4.69) is 10.1 Å². The summed E-state index contributed by atoms with van der Waals surface area (Å²) in [6, 6.07) is 9.57. The van der Waals surface area contributed by atoms with E-state index in [0.29, 0.717) is 11.6 Å². The normalized spacial score (nSPS) is 10.6. The average molecular weight is 226 g/mol. The van der Waals surface area contributed by atoms with Gasteiger partial charge in [0.1, 0.15) is 0 Å². The van der Waals surface area contributed by atoms with Gasteiger partial charge in [0.05, 0.1) is 6.33 Å². The summed E-state index contributed by atoms with van der Waals surface area (Å²) in [5, 5.41) is 3.67. The second-order valence-corrected chi connectivity index (χ2v) is 3.64. The summed E-state index contributed by atoms with van der Waals surface area (Å²) < 4.78 is 7.04. The van der Waals surface area contributed by atoms with Crippen LogP contribution in [0.25, 0.3) is 17.0 Å². The summed E-state index contributed by atoms with van der Waals surface area (Å²) in [4.78, 5) is 4.01. The molecule has 2 heterocycles. The molecule has 0 atom stereocenters. The molecule has 0 spiro atoms. The Morgan fingerprint density at radius 3 is 2.88 bits per heavy atom. The van der Waals surface area contributed by atoms with Crippen LogP contribution in [0.5, 0.6) is 0 Å². The third kappa shape index (κ3) is 1.78. The molecule has 2 N–H and O–H groups in total. The zero-order valence-corrected chi connectivity index (χ0v) is 8.95. The standard InChI is InChI=1S/C12H10N4O/c13-12-7-11(17-15-12)9-2-1-3-10(6-9)16-5-4-14-8-16/h1-8H,(H2,13,15). The molecule has 5 heteroatoms. The Labute approximate surface area is 97.5 Å². The van der Waals surface area contributed by atoms with Crippen molar-refractivity contribution in [2.24, 2.45) is 0 Å². The maximum Gasteiger partial charge on any atom is 0.169 e. The monoisotopic (exact) mass is 226 g/mol. The topological polar surface area (TPSA) is 69.9 Å². The van der Waals surface area contributed by atoms with Gasteiger partial charge in [-0.15, -0.1) is 0 Å². The second kappa shape index (κ2) is 3.79. The van der Waals surface area contributed by atoms with E-state index in [-0.39, 0.29) is 0 Å². The minimum Gasteiger partial charge on any atom is -0.381 e. The van der Waals surface area contributed by atoms with Gasteiger partial charge in [-0.1, -0.05) is 17.3 Å². The molecule has 3 aromatic rings. The van der Waals surface area contributed by atoms with E-state index in [4.69, 9.17) is 10.3 Å². The number of nitrogen functional groups attached to an aromatic ring is 1. The highest BCUT2D eigenvalue weighted by molar-refractivity contribution is 5.62. The third-order valence-corrected chi connectivity index (χ3v) is 2.46. The Morgan fingerprint density at radius 1 is 1.24 bits per heavy atom. The number of imidazole rings is 1. The minimum absolute atomic E-state index is 0.382. The number of anilines is 1. The van der Waals surface area contributed by atoms with E-state index in [1.165, 1.54) is 0 Å². The van der Waals surface area contributed by atoms with E-state index < -0.39 is 0 Å². The fraction of sp³-hybridized carbons (Fsp3) is 0. The fourth-order valence-corrected chi connectivity index (χ4v) is 1.66. The molecule has 0 amide bonds. The van der Waals surface area contributed by atoms with Gasteiger partial charge in [-0.05, 0) is 12.1 Å². The van der Waals surface area contributed by atoms with Crippen LogP contribution in [0.15, 0.2) is 53.6 Å². The van der Waals surface area contributed by atoms with E-state index in [1.54, 1.807) is 18.6 Å². The van der Waals surface area contributed by atoms with Crippen LogP contribution in [0, 0.1) is 0 Å². The predicted molar refractivity (Wildman–Crippen MR) is 63.5 cm³/mol. The smallest absolute Gasteiger partial charge is 0.169 e. The molecule has 0 aliphatic rings. The number of rotatable bonds is 2. The van der Waals surface area contributed by atoms with Gasteiger partial charge in [0.15, 0.2) is 11.6 Å². The van der Waals surface area contributed by atoms with Crippen molar-refractivity contribution in [1.82, 2.24) is 14.7 Å². The summed E-state index contributed by atoms with van der Waals surface area (Å²) in [6.45, 7) is 0. The first kappa shape index (κ1) is 9.65. The zero-order chi connectivity index (χ0) is 11.7. The van der Waals surface area contributed by atoms with Gasteiger partial charge in [0.25, 0.3) is 0 Å². The molecule has 2 aromatic heterocycles. The quantitative estimate of drug-likeness (QED) is 0.726. The number of hydrogen-bond donors (Lipinski definition) is 1. The second-order valence-electron chi connectivity index (χ2n) is 3.64. The highest BCUT2D eigenvalue weighted by atomic mass is 16.5. The lowest BCUT2D eigenvalue weighted by molar-refractivity contribution is 0.436. The number of hydrogen-bond acceptors (Lipinski definition) is 4. The molecule has 0 saturated carbocycles. The fourth-order valence-electron chi connectivity index (χ4n) is 1.66. The first-order chi connectivity index (χ1) is 8.33. The summed E-state index contributed by atoms with van der Waals surface area (Å²) in [6.07, 6.45) is 5.36. The molecule has 0 radical (unpaired) electrons. The minimum atomic E-state index is 0.382. The van der Waals surface area contributed by atoms with Crippen LogP contribution in [-0.2, 0) is 0 Å². The van der Waals surface area contributed by atoms with Gasteiger partial charge in [-0.25, -0.2) is 4.98 Å². The Hall–Kier alpha value is -2.56. The Bertz CT molecular complexity index is 628. The summed E-state index contributed by atoms with van der Waals surface area (Å²) in [5.74, 6) is 1.04. The molecular weight excluding hydrogens is 216 g/mol. The third-order valence-electron chi connectivity index (χ3n) is 2.46. The van der Waals surface area contributed by atoms with Crippen molar-refractivity contribution in [2.45, 2.75) is 0 Å². The summed E-state index contributed by atoms with van der Waals surface area (Å²) in [5.41, 5.74) is 7.47. The van der Waals surface area contributed by atoms with Crippen molar-refractivity contribution in [3.8, 4) is 17.0 Å². The molecule has 5 nitrogen and oxygen atoms in total. The van der Waals surface area contributed by atoms with Crippen LogP contribution >= 0.6 is 0 Å². The first-order valence-electron chi connectivity index (χ1n) is 5.14. The number of aromatic nitrogens is 3. The SMILES string of the molecule is Nc1cc(-c2cccc(-n3ccnc3)c2)on1. The molecule has 1 aromatic carbocycles. The highest BCUT2D eigenvalue weighted by Gasteiger charge is 2.05. The van der Waals surface area contributed by atoms with Gasteiger partial charge in [0, 0.05) is 29.7 Å². The van der Waals surface area contributed by atoms with Gasteiger partial charge in [-0.2, -0.15) is 0 Å². The Balaban J connectivity index is 2.05. The van der Waals surface area contributed by atoms with E-state index in [9.17, 15) is 0 Å². The van der Waals surface area contributed by atoms with Gasteiger partial charge < -0.3 is 14.8 Å². The molecule has 3 rings (SSSR count). The molecule has 17 heavy (non-hydrogen) atoms. The number of nitrogens with two attached hydrogens (primary N) is 1. The van der Waals surface area contributed by atoms with E-state index in [0.717, 1.165) is 11.3 Å². The first-order valence-corrected chi connectivity index (χ1v) is 5.14. The van der Waals surface area contributed by atoms with Crippen LogP contribution in [0.3, 0.4) is 0 Å². The molecule has 0 saturated heterocycles. The van der Waals surface area contributed by atoms with Crippen molar-refractivity contribution < 1.29 is 4.52 Å². The molecule has 0 fully saturated rings. The lowest BCUT2D eigenvalue weighted by atomic mass is 10.1. The van der Waals surface area contributed by atoms with Crippen molar-refractivity contribution in [3.05, 3.63) is 49.1 Å². The van der Waals surface area contributed by atoms with Crippen LogP contribution < -0.4 is 5.73 Å². The molecule has 0 unspecified atom stereocenters. The van der Waals surface area contributed by atoms with Gasteiger partial charge >= 0.3 is 0 Å². The molecule has 84 valence electrons. The van der Waals surface area contributed by atoms with Crippen molar-refractivity contribution >= 4 is 5.82 Å². The predicted octanol–water partition coefficient (Wildman–Crippen LogP) is 2.11. The summed E-state index contributed by atoms with van der Waals surface area (Å²) >= 11 is 0. The maximum absolute atomic E-state index is 5.53. The van der Waals surface area contributed by atoms with Crippen LogP contribution in [0.1, 0.15) is 0 Å². The Morgan fingerprint density at radius 2 is 2.18 bits per heavy atom. The Kier molecular flexibility index (Phi) is 2.15. The lowest BCUT2D eigenvalue weighted by Gasteiger charge is -2.03. The zero-order valence-electron chi connectivity index (χ0n) is 8.95. The largest absolute Gasteiger partial charge is 0.381 e. The summed E-state index contributed by atoms with van der Waals surface area (Å²) in [7, 11) is 0. The van der Waals surface area contributed by atoms with Gasteiger partial charge in [-0.3, -0.25) is 0 Å². The van der Waals surface area contributed by atoms with Crippen LogP contribution in [0.4, 0.5) is 5.82 Å². The molecular formula is C12H10N4O.